The van der Waals surface area contributed by atoms with Gasteiger partial charge in [0.2, 0.25) is 5.95 Å². The maximum atomic E-state index is 11.7. The highest BCUT2D eigenvalue weighted by atomic mass is 35.5. The van der Waals surface area contributed by atoms with Gasteiger partial charge in [-0.1, -0.05) is 43.1 Å². The normalized spacial score (nSPS) is 10.9. The van der Waals surface area contributed by atoms with E-state index in [9.17, 15) is 4.79 Å². The van der Waals surface area contributed by atoms with Crippen LogP contribution in [0.2, 0.25) is 5.02 Å². The first-order chi connectivity index (χ1) is 15.1. The summed E-state index contributed by atoms with van der Waals surface area (Å²) in [5.74, 6) is 1.53. The fraction of sp³-hybridized carbons (Fsp3) is 0.261. The SMILES string of the molecule is CCCc1cc(=O)[nH]c(N/N=C/c2ccc(OCc3ccccc3Cl)c(OCC)c2)n1. The Morgan fingerprint density at radius 3 is 2.74 bits per heavy atom. The lowest BCUT2D eigenvalue weighted by molar-refractivity contribution is 0.269. The smallest absolute Gasteiger partial charge is 0.252 e. The number of halogens is 1. The van der Waals surface area contributed by atoms with Gasteiger partial charge >= 0.3 is 0 Å². The van der Waals surface area contributed by atoms with Gasteiger partial charge < -0.3 is 9.47 Å². The Hall–Kier alpha value is -3.32. The summed E-state index contributed by atoms with van der Waals surface area (Å²) in [6, 6.07) is 14.6. The van der Waals surface area contributed by atoms with Crippen LogP contribution in [0, 0.1) is 0 Å². The number of anilines is 1. The highest BCUT2D eigenvalue weighted by molar-refractivity contribution is 6.31. The van der Waals surface area contributed by atoms with Gasteiger partial charge in [-0.15, -0.1) is 0 Å². The van der Waals surface area contributed by atoms with Crippen LogP contribution in [0.1, 0.15) is 37.1 Å². The lowest BCUT2D eigenvalue weighted by Crippen LogP contribution is -2.12. The Morgan fingerprint density at radius 1 is 1.13 bits per heavy atom. The van der Waals surface area contributed by atoms with Gasteiger partial charge in [0, 0.05) is 22.3 Å². The van der Waals surface area contributed by atoms with Crippen LogP contribution < -0.4 is 20.5 Å². The number of ether oxygens (including phenoxy) is 2. The third-order valence-electron chi connectivity index (χ3n) is 4.29. The molecule has 0 saturated heterocycles. The second-order valence-electron chi connectivity index (χ2n) is 6.72. The molecule has 0 saturated carbocycles. The van der Waals surface area contributed by atoms with E-state index in [1.165, 1.54) is 6.07 Å². The average molecular weight is 441 g/mol. The molecule has 162 valence electrons. The van der Waals surface area contributed by atoms with Crippen LogP contribution in [0.25, 0.3) is 0 Å². The maximum absolute atomic E-state index is 11.7. The van der Waals surface area contributed by atoms with Crippen LogP contribution in [0.4, 0.5) is 5.95 Å². The molecule has 0 fully saturated rings. The van der Waals surface area contributed by atoms with Crippen molar-refractivity contribution in [1.29, 1.82) is 0 Å². The molecule has 1 aromatic heterocycles. The monoisotopic (exact) mass is 440 g/mol. The first-order valence-electron chi connectivity index (χ1n) is 10.1. The van der Waals surface area contributed by atoms with E-state index in [1.807, 2.05) is 56.3 Å². The minimum Gasteiger partial charge on any atom is -0.490 e. The van der Waals surface area contributed by atoms with Crippen molar-refractivity contribution in [3.63, 3.8) is 0 Å². The van der Waals surface area contributed by atoms with E-state index in [4.69, 9.17) is 21.1 Å². The van der Waals surface area contributed by atoms with Crippen LogP contribution in [-0.2, 0) is 13.0 Å². The number of nitrogens with zero attached hydrogens (tertiary/aromatic N) is 2. The highest BCUT2D eigenvalue weighted by Crippen LogP contribution is 2.29. The van der Waals surface area contributed by atoms with E-state index in [2.05, 4.69) is 20.5 Å². The number of aromatic amines is 1. The third-order valence-corrected chi connectivity index (χ3v) is 4.66. The molecule has 2 N–H and O–H groups in total. The van der Waals surface area contributed by atoms with Gasteiger partial charge in [-0.3, -0.25) is 9.78 Å². The standard InChI is InChI=1S/C23H25ClN4O3/c1-3-7-18-13-22(29)27-23(26-18)28-25-14-16-10-11-20(21(12-16)30-4-2)31-15-17-8-5-6-9-19(17)24/h5-6,8-14H,3-4,7,15H2,1-2H3,(H2,26,27,28,29)/b25-14+. The van der Waals surface area contributed by atoms with Crippen molar-refractivity contribution in [2.45, 2.75) is 33.3 Å². The predicted octanol–water partition coefficient (Wildman–Crippen LogP) is 4.80. The molecule has 0 aliphatic rings. The molecule has 3 aromatic rings. The zero-order chi connectivity index (χ0) is 22.1. The molecule has 2 aromatic carbocycles. The topological polar surface area (TPSA) is 88.6 Å². The molecule has 0 spiro atoms. The number of hydrogen-bond acceptors (Lipinski definition) is 6. The Balaban J connectivity index is 1.70. The van der Waals surface area contributed by atoms with Crippen molar-refractivity contribution in [3.05, 3.63) is 80.7 Å². The van der Waals surface area contributed by atoms with Crippen LogP contribution in [0.5, 0.6) is 11.5 Å². The Kier molecular flexibility index (Phi) is 8.06. The van der Waals surface area contributed by atoms with Gasteiger partial charge in [0.25, 0.3) is 5.56 Å². The van der Waals surface area contributed by atoms with Crippen molar-refractivity contribution in [1.82, 2.24) is 9.97 Å². The zero-order valence-corrected chi connectivity index (χ0v) is 18.3. The van der Waals surface area contributed by atoms with Crippen LogP contribution in [0.3, 0.4) is 0 Å². The summed E-state index contributed by atoms with van der Waals surface area (Å²) in [6.45, 7) is 4.77. The number of hydrazone groups is 1. The van der Waals surface area contributed by atoms with Crippen molar-refractivity contribution in [2.75, 3.05) is 12.0 Å². The van der Waals surface area contributed by atoms with Crippen LogP contribution in [-0.4, -0.2) is 22.8 Å². The largest absolute Gasteiger partial charge is 0.490 e. The number of H-pyrrole nitrogens is 1. The van der Waals surface area contributed by atoms with E-state index < -0.39 is 0 Å². The third kappa shape index (κ3) is 6.58. The average Bonchev–Trinajstić information content (AvgIpc) is 2.74. The van der Waals surface area contributed by atoms with Gasteiger partial charge in [0.1, 0.15) is 6.61 Å². The summed E-state index contributed by atoms with van der Waals surface area (Å²) >= 11 is 6.20. The summed E-state index contributed by atoms with van der Waals surface area (Å²) < 4.78 is 11.6. The molecular formula is C23H25ClN4O3. The number of hydrogen-bond donors (Lipinski definition) is 2. The molecular weight excluding hydrogens is 416 g/mol. The van der Waals surface area contributed by atoms with Gasteiger partial charge in [-0.2, -0.15) is 5.10 Å². The maximum Gasteiger partial charge on any atom is 0.252 e. The van der Waals surface area contributed by atoms with E-state index in [0.717, 1.165) is 29.7 Å². The fourth-order valence-corrected chi connectivity index (χ4v) is 3.07. The zero-order valence-electron chi connectivity index (χ0n) is 17.5. The molecule has 0 radical (unpaired) electrons. The van der Waals surface area contributed by atoms with Gasteiger partial charge in [0.15, 0.2) is 11.5 Å². The first-order valence-corrected chi connectivity index (χ1v) is 10.5. The van der Waals surface area contributed by atoms with E-state index in [-0.39, 0.29) is 5.56 Å². The van der Waals surface area contributed by atoms with E-state index in [0.29, 0.717) is 35.7 Å². The number of aromatic nitrogens is 2. The lowest BCUT2D eigenvalue weighted by atomic mass is 10.2. The summed E-state index contributed by atoms with van der Waals surface area (Å²) in [7, 11) is 0. The summed E-state index contributed by atoms with van der Waals surface area (Å²) in [4.78, 5) is 18.7. The van der Waals surface area contributed by atoms with E-state index in [1.54, 1.807) is 6.21 Å². The fourth-order valence-electron chi connectivity index (χ4n) is 2.88. The molecule has 3 rings (SSSR count). The molecule has 8 heteroatoms. The minimum absolute atomic E-state index is 0.213. The van der Waals surface area contributed by atoms with Crippen LogP contribution >= 0.6 is 11.6 Å². The molecule has 0 aliphatic carbocycles. The first kappa shape index (κ1) is 22.4. The van der Waals surface area contributed by atoms with Crippen molar-refractivity contribution < 1.29 is 9.47 Å². The number of aryl methyl sites for hydroxylation is 1. The molecule has 1 heterocycles. The van der Waals surface area contributed by atoms with Crippen molar-refractivity contribution in [3.8, 4) is 11.5 Å². The van der Waals surface area contributed by atoms with E-state index >= 15 is 0 Å². The summed E-state index contributed by atoms with van der Waals surface area (Å²) in [6.07, 6.45) is 3.26. The second-order valence-corrected chi connectivity index (χ2v) is 7.13. The number of benzene rings is 2. The minimum atomic E-state index is -0.213. The van der Waals surface area contributed by atoms with Crippen LogP contribution in [0.15, 0.2) is 58.4 Å². The number of nitrogens with one attached hydrogen (secondary N) is 2. The molecule has 0 amide bonds. The molecule has 31 heavy (non-hydrogen) atoms. The second kappa shape index (κ2) is 11.2. The van der Waals surface area contributed by atoms with Gasteiger partial charge in [-0.25, -0.2) is 10.4 Å². The molecule has 0 unspecified atom stereocenters. The lowest BCUT2D eigenvalue weighted by Gasteiger charge is -2.13. The van der Waals surface area contributed by atoms with Crippen molar-refractivity contribution in [2.24, 2.45) is 5.10 Å². The Morgan fingerprint density at radius 2 is 1.97 bits per heavy atom. The molecule has 0 aliphatic heterocycles. The molecule has 7 nitrogen and oxygen atoms in total. The molecule has 0 atom stereocenters. The predicted molar refractivity (Wildman–Crippen MR) is 123 cm³/mol. The van der Waals surface area contributed by atoms with Gasteiger partial charge in [-0.05, 0) is 43.2 Å². The summed E-state index contributed by atoms with van der Waals surface area (Å²) in [5.41, 5.74) is 4.97. The highest BCUT2D eigenvalue weighted by Gasteiger charge is 2.08. The molecule has 0 bridgehead atoms. The Labute approximate surface area is 186 Å². The quantitative estimate of drug-likeness (QED) is 0.349. The van der Waals surface area contributed by atoms with Crippen molar-refractivity contribution >= 4 is 23.8 Å². The Bertz CT molecular complexity index is 1100. The van der Waals surface area contributed by atoms with Gasteiger partial charge in [0.05, 0.1) is 12.8 Å². The number of rotatable bonds is 10. The summed E-state index contributed by atoms with van der Waals surface area (Å²) in [5, 5.41) is 4.83.